The summed E-state index contributed by atoms with van der Waals surface area (Å²) in [5.74, 6) is 0.504. The molecule has 0 saturated carbocycles. The molecule has 19 heavy (non-hydrogen) atoms. The lowest BCUT2D eigenvalue weighted by molar-refractivity contribution is 0.562. The van der Waals surface area contributed by atoms with Crippen LogP contribution in [0.25, 0.3) is 10.9 Å². The first kappa shape index (κ1) is 14.2. The van der Waals surface area contributed by atoms with E-state index in [1.807, 2.05) is 6.92 Å². The quantitative estimate of drug-likeness (QED) is 0.862. The van der Waals surface area contributed by atoms with Crippen LogP contribution < -0.4 is 4.72 Å². The smallest absolute Gasteiger partial charge is 0.241 e. The molecule has 0 saturated heterocycles. The second-order valence-electron chi connectivity index (χ2n) is 4.44. The number of sulfonamides is 1. The van der Waals surface area contributed by atoms with Gasteiger partial charge in [-0.05, 0) is 30.2 Å². The van der Waals surface area contributed by atoms with Gasteiger partial charge in [-0.1, -0.05) is 13.0 Å². The molecule has 1 N–H and O–H groups in total. The van der Waals surface area contributed by atoms with E-state index in [4.69, 9.17) is 11.6 Å². The van der Waals surface area contributed by atoms with Gasteiger partial charge in [-0.2, -0.15) is 0 Å². The van der Waals surface area contributed by atoms with Crippen molar-refractivity contribution in [2.45, 2.75) is 11.8 Å². The lowest BCUT2D eigenvalue weighted by atomic mass is 10.2. The molecule has 0 aliphatic heterocycles. The van der Waals surface area contributed by atoms with E-state index in [-0.39, 0.29) is 10.8 Å². The molecule has 1 atom stereocenters. The van der Waals surface area contributed by atoms with Gasteiger partial charge in [0.1, 0.15) is 0 Å². The molecule has 0 amide bonds. The van der Waals surface area contributed by atoms with E-state index in [0.717, 1.165) is 0 Å². The monoisotopic (exact) mass is 298 g/mol. The molecule has 0 fully saturated rings. The second-order valence-corrected chi connectivity index (χ2v) is 6.48. The Morgan fingerprint density at radius 3 is 2.84 bits per heavy atom. The van der Waals surface area contributed by atoms with Crippen LogP contribution in [0.2, 0.25) is 0 Å². The van der Waals surface area contributed by atoms with E-state index < -0.39 is 10.0 Å². The Balaban J connectivity index is 2.38. The van der Waals surface area contributed by atoms with Crippen LogP contribution in [-0.2, 0) is 10.0 Å². The van der Waals surface area contributed by atoms with Crippen molar-refractivity contribution in [3.63, 3.8) is 0 Å². The van der Waals surface area contributed by atoms with Crippen molar-refractivity contribution in [1.29, 1.82) is 0 Å². The van der Waals surface area contributed by atoms with Gasteiger partial charge in [-0.25, -0.2) is 13.1 Å². The summed E-state index contributed by atoms with van der Waals surface area (Å²) in [5, 5.41) is 0.621. The molecular formula is C13H15ClN2O2S. The Labute approximate surface area is 117 Å². The minimum atomic E-state index is -3.54. The highest BCUT2D eigenvalue weighted by Crippen LogP contribution is 2.21. The fourth-order valence-electron chi connectivity index (χ4n) is 1.69. The van der Waals surface area contributed by atoms with Crippen LogP contribution >= 0.6 is 11.6 Å². The van der Waals surface area contributed by atoms with Crippen molar-refractivity contribution >= 4 is 32.5 Å². The van der Waals surface area contributed by atoms with E-state index in [0.29, 0.717) is 23.3 Å². The maximum Gasteiger partial charge on any atom is 0.241 e. The van der Waals surface area contributed by atoms with Crippen LogP contribution in [0.5, 0.6) is 0 Å². The number of benzene rings is 1. The SMILES string of the molecule is CC(CCl)CNS(=O)(=O)c1cccc2ncccc12. The Hall–Kier alpha value is -1.17. The van der Waals surface area contributed by atoms with Crippen molar-refractivity contribution in [3.05, 3.63) is 36.5 Å². The third kappa shape index (κ3) is 3.23. The Bertz CT molecular complexity index is 668. The van der Waals surface area contributed by atoms with Gasteiger partial charge >= 0.3 is 0 Å². The minimum absolute atomic E-state index is 0.0875. The maximum atomic E-state index is 12.3. The minimum Gasteiger partial charge on any atom is -0.256 e. The van der Waals surface area contributed by atoms with E-state index >= 15 is 0 Å². The van der Waals surface area contributed by atoms with E-state index in [9.17, 15) is 8.42 Å². The first-order chi connectivity index (χ1) is 9.04. The predicted molar refractivity (Wildman–Crippen MR) is 76.8 cm³/mol. The average Bonchev–Trinajstić information content (AvgIpc) is 2.44. The molecule has 2 aromatic rings. The highest BCUT2D eigenvalue weighted by Gasteiger charge is 2.17. The third-order valence-electron chi connectivity index (χ3n) is 2.78. The van der Waals surface area contributed by atoms with Crippen molar-refractivity contribution < 1.29 is 8.42 Å². The number of fused-ring (bicyclic) bond motifs is 1. The highest BCUT2D eigenvalue weighted by molar-refractivity contribution is 7.89. The van der Waals surface area contributed by atoms with Gasteiger partial charge in [0.2, 0.25) is 10.0 Å². The topological polar surface area (TPSA) is 59.1 Å². The molecule has 0 bridgehead atoms. The number of pyridine rings is 1. The lowest BCUT2D eigenvalue weighted by Gasteiger charge is -2.11. The number of hydrogen-bond acceptors (Lipinski definition) is 3. The van der Waals surface area contributed by atoms with Crippen LogP contribution in [0.4, 0.5) is 0 Å². The zero-order chi connectivity index (χ0) is 13.9. The second kappa shape index (κ2) is 5.86. The summed E-state index contributed by atoms with van der Waals surface area (Å²) in [5.41, 5.74) is 0.663. The molecule has 6 heteroatoms. The summed E-state index contributed by atoms with van der Waals surface area (Å²) >= 11 is 5.68. The standard InChI is InChI=1S/C13H15ClN2O2S/c1-10(8-14)9-16-19(17,18)13-6-2-5-12-11(13)4-3-7-15-12/h2-7,10,16H,8-9H2,1H3. The van der Waals surface area contributed by atoms with E-state index in [1.165, 1.54) is 0 Å². The van der Waals surface area contributed by atoms with Gasteiger partial charge in [0.05, 0.1) is 10.4 Å². The summed E-state index contributed by atoms with van der Waals surface area (Å²) in [4.78, 5) is 4.40. The summed E-state index contributed by atoms with van der Waals surface area (Å²) in [6.07, 6.45) is 1.64. The molecule has 0 aliphatic carbocycles. The lowest BCUT2D eigenvalue weighted by Crippen LogP contribution is -2.29. The van der Waals surface area contributed by atoms with Crippen LogP contribution in [0.15, 0.2) is 41.4 Å². The first-order valence-corrected chi connectivity index (χ1v) is 7.96. The summed E-state index contributed by atoms with van der Waals surface area (Å²) in [6.45, 7) is 2.21. The number of alkyl halides is 1. The largest absolute Gasteiger partial charge is 0.256 e. The molecule has 1 unspecified atom stereocenters. The maximum absolute atomic E-state index is 12.3. The van der Waals surface area contributed by atoms with Crippen LogP contribution in [0.3, 0.4) is 0 Å². The summed E-state index contributed by atoms with van der Waals surface area (Å²) < 4.78 is 27.1. The third-order valence-corrected chi connectivity index (χ3v) is 4.79. The van der Waals surface area contributed by atoms with Crippen LogP contribution in [0, 0.1) is 5.92 Å². The van der Waals surface area contributed by atoms with Crippen molar-refractivity contribution in [3.8, 4) is 0 Å². The molecule has 0 spiro atoms. The Kier molecular flexibility index (Phi) is 4.39. The normalized spacial score (nSPS) is 13.6. The highest BCUT2D eigenvalue weighted by atomic mass is 35.5. The molecule has 2 rings (SSSR count). The van der Waals surface area contributed by atoms with Gasteiger partial charge in [-0.3, -0.25) is 4.98 Å². The zero-order valence-corrected chi connectivity index (χ0v) is 12.1. The van der Waals surface area contributed by atoms with Crippen molar-refractivity contribution in [1.82, 2.24) is 9.71 Å². The number of nitrogens with one attached hydrogen (secondary N) is 1. The van der Waals surface area contributed by atoms with Gasteiger partial charge in [0.25, 0.3) is 0 Å². The molecule has 0 radical (unpaired) electrons. The van der Waals surface area contributed by atoms with Crippen molar-refractivity contribution in [2.24, 2.45) is 5.92 Å². The Morgan fingerprint density at radius 1 is 1.32 bits per heavy atom. The fraction of sp³-hybridized carbons (Fsp3) is 0.308. The number of aromatic nitrogens is 1. The van der Waals surface area contributed by atoms with Gasteiger partial charge in [0, 0.05) is 24.0 Å². The van der Waals surface area contributed by atoms with Gasteiger partial charge in [0.15, 0.2) is 0 Å². The molecule has 1 aromatic heterocycles. The predicted octanol–water partition coefficient (Wildman–Crippen LogP) is 2.39. The van der Waals surface area contributed by atoms with Gasteiger partial charge in [-0.15, -0.1) is 11.6 Å². The molecule has 1 heterocycles. The fourth-order valence-corrected chi connectivity index (χ4v) is 3.18. The number of rotatable bonds is 5. The van der Waals surface area contributed by atoms with E-state index in [1.54, 1.807) is 36.5 Å². The molecule has 102 valence electrons. The summed E-state index contributed by atoms with van der Waals surface area (Å²) in [6, 6.07) is 8.53. The average molecular weight is 299 g/mol. The van der Waals surface area contributed by atoms with Gasteiger partial charge < -0.3 is 0 Å². The molecule has 0 aliphatic rings. The molecule has 4 nitrogen and oxygen atoms in total. The number of nitrogens with zero attached hydrogens (tertiary/aromatic N) is 1. The van der Waals surface area contributed by atoms with Crippen molar-refractivity contribution in [2.75, 3.05) is 12.4 Å². The van der Waals surface area contributed by atoms with Crippen LogP contribution in [-0.4, -0.2) is 25.8 Å². The van der Waals surface area contributed by atoms with E-state index in [2.05, 4.69) is 9.71 Å². The first-order valence-electron chi connectivity index (χ1n) is 5.94. The number of halogens is 1. The molecule has 1 aromatic carbocycles. The summed E-state index contributed by atoms with van der Waals surface area (Å²) in [7, 11) is -3.54. The van der Waals surface area contributed by atoms with Crippen LogP contribution in [0.1, 0.15) is 6.92 Å². The molecular weight excluding hydrogens is 284 g/mol. The number of hydrogen-bond donors (Lipinski definition) is 1. The Morgan fingerprint density at radius 2 is 2.11 bits per heavy atom. The zero-order valence-electron chi connectivity index (χ0n) is 10.5.